The van der Waals surface area contributed by atoms with Crippen LogP contribution in [0.5, 0.6) is 0 Å². The Kier molecular flexibility index (Phi) is 1.79. The highest BCUT2D eigenvalue weighted by molar-refractivity contribution is 5.49. The Labute approximate surface area is 85.3 Å². The molecule has 1 aromatic carbocycles. The highest BCUT2D eigenvalue weighted by atomic mass is 14.6. The second-order valence-corrected chi connectivity index (χ2v) is 4.91. The first kappa shape index (κ1) is 8.34. The van der Waals surface area contributed by atoms with Crippen LogP contribution >= 0.6 is 0 Å². The lowest BCUT2D eigenvalue weighted by Crippen LogP contribution is -2.10. The normalized spacial score (nSPS) is 35.0. The first-order valence-electron chi connectivity index (χ1n) is 5.69. The van der Waals surface area contributed by atoms with Crippen LogP contribution in [-0.2, 0) is 0 Å². The molecule has 74 valence electrons. The molecule has 2 bridgehead atoms. The lowest BCUT2D eigenvalue weighted by atomic mass is 9.83. The van der Waals surface area contributed by atoms with E-state index in [1.165, 1.54) is 31.2 Å². The van der Waals surface area contributed by atoms with Crippen molar-refractivity contribution in [3.63, 3.8) is 0 Å². The Hall–Kier alpha value is -0.980. The molecular formula is C13H17N. The van der Waals surface area contributed by atoms with E-state index < -0.39 is 0 Å². The third kappa shape index (κ3) is 1.15. The molecule has 3 atom stereocenters. The van der Waals surface area contributed by atoms with Gasteiger partial charge in [0.05, 0.1) is 0 Å². The maximum Gasteiger partial charge on any atom is 0.0349 e. The van der Waals surface area contributed by atoms with E-state index in [1.807, 2.05) is 12.1 Å². The van der Waals surface area contributed by atoms with Gasteiger partial charge in [0.2, 0.25) is 0 Å². The Bertz CT molecular complexity index is 345. The van der Waals surface area contributed by atoms with E-state index in [1.54, 1.807) is 0 Å². The number of para-hydroxylation sites is 1. The van der Waals surface area contributed by atoms with E-state index in [0.29, 0.717) is 0 Å². The van der Waals surface area contributed by atoms with Gasteiger partial charge in [0.1, 0.15) is 0 Å². The summed E-state index contributed by atoms with van der Waals surface area (Å²) in [4.78, 5) is 0. The smallest absolute Gasteiger partial charge is 0.0349 e. The van der Waals surface area contributed by atoms with Gasteiger partial charge in [-0.1, -0.05) is 24.6 Å². The minimum Gasteiger partial charge on any atom is -0.398 e. The SMILES string of the molecule is Nc1ccccc1C1C[C@@H]2CC[C@H]1C2. The molecule has 1 heteroatoms. The quantitative estimate of drug-likeness (QED) is 0.671. The van der Waals surface area contributed by atoms with E-state index in [0.717, 1.165) is 23.4 Å². The average molecular weight is 187 g/mol. The van der Waals surface area contributed by atoms with E-state index in [9.17, 15) is 0 Å². The first-order chi connectivity index (χ1) is 6.84. The summed E-state index contributed by atoms with van der Waals surface area (Å²) in [5, 5.41) is 0. The van der Waals surface area contributed by atoms with Crippen LogP contribution < -0.4 is 5.73 Å². The summed E-state index contributed by atoms with van der Waals surface area (Å²) >= 11 is 0. The van der Waals surface area contributed by atoms with Crippen LogP contribution in [0.15, 0.2) is 24.3 Å². The summed E-state index contributed by atoms with van der Waals surface area (Å²) in [5.74, 6) is 2.71. The van der Waals surface area contributed by atoms with E-state index in [2.05, 4.69) is 12.1 Å². The monoisotopic (exact) mass is 187 g/mol. The summed E-state index contributed by atoms with van der Waals surface area (Å²) in [5.41, 5.74) is 8.45. The zero-order valence-corrected chi connectivity index (χ0v) is 8.45. The van der Waals surface area contributed by atoms with Crippen molar-refractivity contribution in [2.75, 3.05) is 5.73 Å². The van der Waals surface area contributed by atoms with Gasteiger partial charge in [-0.3, -0.25) is 0 Å². The molecule has 1 nitrogen and oxygen atoms in total. The van der Waals surface area contributed by atoms with Crippen molar-refractivity contribution >= 4 is 5.69 Å². The van der Waals surface area contributed by atoms with Gasteiger partial charge in [0, 0.05) is 5.69 Å². The van der Waals surface area contributed by atoms with Crippen molar-refractivity contribution in [3.8, 4) is 0 Å². The topological polar surface area (TPSA) is 26.0 Å². The van der Waals surface area contributed by atoms with Gasteiger partial charge in [0.25, 0.3) is 0 Å². The van der Waals surface area contributed by atoms with Crippen molar-refractivity contribution in [3.05, 3.63) is 29.8 Å². The highest BCUT2D eigenvalue weighted by Crippen LogP contribution is 2.53. The fourth-order valence-electron chi connectivity index (χ4n) is 3.47. The molecule has 2 N–H and O–H groups in total. The van der Waals surface area contributed by atoms with Gasteiger partial charge in [0.15, 0.2) is 0 Å². The fourth-order valence-corrected chi connectivity index (χ4v) is 3.47. The lowest BCUT2D eigenvalue weighted by Gasteiger charge is -2.23. The molecule has 0 saturated heterocycles. The number of anilines is 1. The predicted octanol–water partition coefficient (Wildman–Crippen LogP) is 3.17. The van der Waals surface area contributed by atoms with Crippen molar-refractivity contribution in [2.24, 2.45) is 11.8 Å². The zero-order valence-electron chi connectivity index (χ0n) is 8.45. The van der Waals surface area contributed by atoms with Crippen LogP contribution in [0.4, 0.5) is 5.69 Å². The number of nitrogens with two attached hydrogens (primary N) is 1. The Morgan fingerprint density at radius 1 is 1.07 bits per heavy atom. The van der Waals surface area contributed by atoms with Crippen molar-refractivity contribution in [2.45, 2.75) is 31.6 Å². The second kappa shape index (κ2) is 3.01. The van der Waals surface area contributed by atoms with Gasteiger partial charge >= 0.3 is 0 Å². The van der Waals surface area contributed by atoms with Gasteiger partial charge < -0.3 is 5.73 Å². The van der Waals surface area contributed by atoms with Crippen LogP contribution in [0, 0.1) is 11.8 Å². The maximum atomic E-state index is 6.03. The molecule has 0 aromatic heterocycles. The molecule has 1 aromatic rings. The molecule has 2 aliphatic rings. The minimum absolute atomic E-state index is 0.773. The maximum absolute atomic E-state index is 6.03. The third-order valence-corrected chi connectivity index (χ3v) is 4.13. The standard InChI is InChI=1S/C13H17N/c14-13-4-2-1-3-11(13)12-8-9-5-6-10(12)7-9/h1-4,9-10,12H,5-8,14H2/t9-,10+,12?/m1/s1. The predicted molar refractivity (Wildman–Crippen MR) is 59.0 cm³/mol. The van der Waals surface area contributed by atoms with Crippen molar-refractivity contribution < 1.29 is 0 Å². The van der Waals surface area contributed by atoms with Gasteiger partial charge in [-0.05, 0) is 48.6 Å². The van der Waals surface area contributed by atoms with E-state index >= 15 is 0 Å². The van der Waals surface area contributed by atoms with Crippen LogP contribution in [0.3, 0.4) is 0 Å². The molecular weight excluding hydrogens is 170 g/mol. The highest BCUT2D eigenvalue weighted by Gasteiger charge is 2.40. The van der Waals surface area contributed by atoms with Crippen LogP contribution in [-0.4, -0.2) is 0 Å². The third-order valence-electron chi connectivity index (χ3n) is 4.13. The average Bonchev–Trinajstić information content (AvgIpc) is 2.79. The molecule has 0 aliphatic heterocycles. The Morgan fingerprint density at radius 2 is 1.93 bits per heavy atom. The van der Waals surface area contributed by atoms with Gasteiger partial charge in [-0.25, -0.2) is 0 Å². The first-order valence-corrected chi connectivity index (χ1v) is 5.69. The summed E-state index contributed by atoms with van der Waals surface area (Å²) in [7, 11) is 0. The summed E-state index contributed by atoms with van der Waals surface area (Å²) in [6.07, 6.45) is 5.75. The zero-order chi connectivity index (χ0) is 9.54. The molecule has 3 rings (SSSR count). The number of hydrogen-bond acceptors (Lipinski definition) is 1. The van der Waals surface area contributed by atoms with Crippen LogP contribution in [0.1, 0.15) is 37.2 Å². The minimum atomic E-state index is 0.773. The molecule has 0 heterocycles. The van der Waals surface area contributed by atoms with E-state index in [4.69, 9.17) is 5.73 Å². The van der Waals surface area contributed by atoms with Crippen molar-refractivity contribution in [1.29, 1.82) is 0 Å². The fraction of sp³-hybridized carbons (Fsp3) is 0.538. The molecule has 2 fully saturated rings. The van der Waals surface area contributed by atoms with Crippen LogP contribution in [0.2, 0.25) is 0 Å². The van der Waals surface area contributed by atoms with Crippen molar-refractivity contribution in [1.82, 2.24) is 0 Å². The van der Waals surface area contributed by atoms with Gasteiger partial charge in [-0.2, -0.15) is 0 Å². The summed E-state index contributed by atoms with van der Waals surface area (Å²) in [6.45, 7) is 0. The number of hydrogen-bond donors (Lipinski definition) is 1. The molecule has 0 spiro atoms. The van der Waals surface area contributed by atoms with E-state index in [-0.39, 0.29) is 0 Å². The number of nitrogen functional groups attached to an aromatic ring is 1. The lowest BCUT2D eigenvalue weighted by molar-refractivity contribution is 0.421. The molecule has 0 amide bonds. The summed E-state index contributed by atoms with van der Waals surface area (Å²) < 4.78 is 0. The number of rotatable bonds is 1. The van der Waals surface area contributed by atoms with Gasteiger partial charge in [-0.15, -0.1) is 0 Å². The summed E-state index contributed by atoms with van der Waals surface area (Å²) in [6, 6.07) is 8.42. The largest absolute Gasteiger partial charge is 0.398 e. The molecule has 1 unspecified atom stereocenters. The molecule has 0 radical (unpaired) electrons. The molecule has 2 aliphatic carbocycles. The number of fused-ring (bicyclic) bond motifs is 2. The second-order valence-electron chi connectivity index (χ2n) is 4.91. The molecule has 2 saturated carbocycles. The number of benzene rings is 1. The van der Waals surface area contributed by atoms with Crippen LogP contribution in [0.25, 0.3) is 0 Å². The molecule has 14 heavy (non-hydrogen) atoms. The Morgan fingerprint density at radius 3 is 2.57 bits per heavy atom. The Balaban J connectivity index is 1.93.